The molecule has 5 heteroatoms. The number of hydrogen-bond donors (Lipinski definition) is 2. The molecule has 1 aromatic heterocycles. The molecule has 1 rings (SSSR count). The van der Waals surface area contributed by atoms with Crippen LogP contribution < -0.4 is 11.2 Å². The molecule has 0 unspecified atom stereocenters. The van der Waals surface area contributed by atoms with Gasteiger partial charge >= 0.3 is 6.03 Å². The molecule has 0 bridgehead atoms. The third-order valence-corrected chi connectivity index (χ3v) is 1.37. The van der Waals surface area contributed by atoms with Crippen LogP contribution in [0.3, 0.4) is 0 Å². The molecule has 14 heavy (non-hydrogen) atoms. The van der Waals surface area contributed by atoms with Gasteiger partial charge in [-0.15, -0.1) is 0 Å². The summed E-state index contributed by atoms with van der Waals surface area (Å²) in [7, 11) is 0. The molecule has 1 aromatic rings. The van der Waals surface area contributed by atoms with E-state index >= 15 is 0 Å². The number of allylic oxidation sites excluding steroid dienone is 1. The SMILES string of the molecule is CC(/C=C/c1ccco1)=N\NC(N)=O. The first kappa shape index (κ1) is 10.0. The first-order chi connectivity index (χ1) is 6.68. The fourth-order valence-corrected chi connectivity index (χ4v) is 0.769. The predicted octanol–water partition coefficient (Wildman–Crippen LogP) is 1.34. The number of nitrogens with one attached hydrogen (secondary N) is 1. The smallest absolute Gasteiger partial charge is 0.332 e. The number of furan rings is 1. The van der Waals surface area contributed by atoms with Crippen molar-refractivity contribution in [1.82, 2.24) is 5.43 Å². The van der Waals surface area contributed by atoms with E-state index in [1.54, 1.807) is 31.4 Å². The summed E-state index contributed by atoms with van der Waals surface area (Å²) in [4.78, 5) is 10.3. The number of carbonyl (C=O) groups excluding carboxylic acids is 1. The average molecular weight is 193 g/mol. The van der Waals surface area contributed by atoms with E-state index in [0.717, 1.165) is 5.76 Å². The lowest BCUT2D eigenvalue weighted by Crippen LogP contribution is -2.25. The average Bonchev–Trinajstić information content (AvgIpc) is 2.63. The van der Waals surface area contributed by atoms with Crippen LogP contribution in [-0.4, -0.2) is 11.7 Å². The number of urea groups is 1. The number of nitrogens with two attached hydrogens (primary N) is 1. The van der Waals surface area contributed by atoms with Gasteiger partial charge in [0.2, 0.25) is 0 Å². The van der Waals surface area contributed by atoms with E-state index in [4.69, 9.17) is 10.2 Å². The molecular weight excluding hydrogens is 182 g/mol. The monoisotopic (exact) mass is 193 g/mol. The molecule has 0 aromatic carbocycles. The van der Waals surface area contributed by atoms with Crippen LogP contribution in [0.4, 0.5) is 4.79 Å². The van der Waals surface area contributed by atoms with Crippen LogP contribution in [0, 0.1) is 0 Å². The molecule has 0 saturated heterocycles. The van der Waals surface area contributed by atoms with Crippen molar-refractivity contribution in [3.8, 4) is 0 Å². The summed E-state index contributed by atoms with van der Waals surface area (Å²) in [5.41, 5.74) is 7.58. The van der Waals surface area contributed by atoms with Crippen molar-refractivity contribution in [2.75, 3.05) is 0 Å². The van der Waals surface area contributed by atoms with Gasteiger partial charge in [-0.05, 0) is 31.2 Å². The van der Waals surface area contributed by atoms with Crippen LogP contribution in [-0.2, 0) is 0 Å². The Bertz CT molecular complexity index is 352. The van der Waals surface area contributed by atoms with Gasteiger partial charge in [0.05, 0.1) is 12.0 Å². The summed E-state index contributed by atoms with van der Waals surface area (Å²) >= 11 is 0. The number of nitrogens with zero attached hydrogens (tertiary/aromatic N) is 1. The topological polar surface area (TPSA) is 80.6 Å². The van der Waals surface area contributed by atoms with Gasteiger partial charge in [-0.25, -0.2) is 10.2 Å². The van der Waals surface area contributed by atoms with Crippen LogP contribution in [0.5, 0.6) is 0 Å². The van der Waals surface area contributed by atoms with Gasteiger partial charge in [0, 0.05) is 0 Å². The van der Waals surface area contributed by atoms with Gasteiger partial charge < -0.3 is 10.2 Å². The van der Waals surface area contributed by atoms with Crippen LogP contribution in [0.2, 0.25) is 0 Å². The Morgan fingerprint density at radius 1 is 1.71 bits per heavy atom. The Hall–Kier alpha value is -2.04. The maximum Gasteiger partial charge on any atom is 0.332 e. The van der Waals surface area contributed by atoms with Gasteiger partial charge in [0.25, 0.3) is 0 Å². The first-order valence-corrected chi connectivity index (χ1v) is 4.00. The second-order valence-electron chi connectivity index (χ2n) is 2.58. The Kier molecular flexibility index (Phi) is 3.49. The zero-order valence-electron chi connectivity index (χ0n) is 7.73. The number of carbonyl (C=O) groups is 1. The number of hydrazone groups is 1. The van der Waals surface area contributed by atoms with Gasteiger partial charge in [0.15, 0.2) is 0 Å². The third-order valence-electron chi connectivity index (χ3n) is 1.37. The zero-order chi connectivity index (χ0) is 10.4. The van der Waals surface area contributed by atoms with E-state index < -0.39 is 6.03 Å². The Morgan fingerprint density at radius 3 is 3.07 bits per heavy atom. The molecule has 0 aliphatic rings. The molecule has 0 aliphatic heterocycles. The summed E-state index contributed by atoms with van der Waals surface area (Å²) < 4.78 is 5.06. The molecule has 0 saturated carbocycles. The first-order valence-electron chi connectivity index (χ1n) is 4.00. The number of hydrogen-bond acceptors (Lipinski definition) is 3. The molecule has 0 atom stereocenters. The Balaban J connectivity index is 2.51. The van der Waals surface area contributed by atoms with Gasteiger partial charge in [-0.1, -0.05) is 0 Å². The Labute approximate surface area is 81.3 Å². The zero-order valence-corrected chi connectivity index (χ0v) is 7.73. The van der Waals surface area contributed by atoms with Gasteiger partial charge in [-0.2, -0.15) is 5.10 Å². The van der Waals surface area contributed by atoms with Crippen molar-refractivity contribution < 1.29 is 9.21 Å². The van der Waals surface area contributed by atoms with E-state index in [2.05, 4.69) is 10.5 Å². The van der Waals surface area contributed by atoms with Crippen molar-refractivity contribution in [3.63, 3.8) is 0 Å². The standard InChI is InChI=1S/C9H11N3O2/c1-7(11-12-9(10)13)4-5-8-3-2-6-14-8/h2-6H,1H3,(H3,10,12,13)/b5-4+,11-7+. The van der Waals surface area contributed by atoms with Crippen molar-refractivity contribution >= 4 is 17.8 Å². The molecule has 74 valence electrons. The lowest BCUT2D eigenvalue weighted by molar-refractivity contribution is 0.249. The lowest BCUT2D eigenvalue weighted by atomic mass is 10.3. The van der Waals surface area contributed by atoms with Gasteiger partial charge in [0.1, 0.15) is 5.76 Å². The molecule has 3 N–H and O–H groups in total. The molecule has 2 amide bonds. The van der Waals surface area contributed by atoms with Crippen molar-refractivity contribution in [2.45, 2.75) is 6.92 Å². The number of rotatable bonds is 3. The maximum absolute atomic E-state index is 10.3. The predicted molar refractivity (Wildman–Crippen MR) is 53.6 cm³/mol. The van der Waals surface area contributed by atoms with E-state index in [1.165, 1.54) is 0 Å². The molecule has 5 nitrogen and oxygen atoms in total. The summed E-state index contributed by atoms with van der Waals surface area (Å²) in [6.07, 6.45) is 5.02. The summed E-state index contributed by atoms with van der Waals surface area (Å²) in [6.45, 7) is 1.73. The normalized spacial score (nSPS) is 11.9. The summed E-state index contributed by atoms with van der Waals surface area (Å²) in [6, 6.07) is 2.91. The maximum atomic E-state index is 10.3. The summed E-state index contributed by atoms with van der Waals surface area (Å²) in [5, 5.41) is 3.69. The molecule has 1 heterocycles. The fourth-order valence-electron chi connectivity index (χ4n) is 0.769. The molecule has 0 spiro atoms. The quantitative estimate of drug-likeness (QED) is 0.561. The highest BCUT2D eigenvalue weighted by Crippen LogP contribution is 2.01. The molecule has 0 aliphatic carbocycles. The van der Waals surface area contributed by atoms with E-state index in [-0.39, 0.29) is 0 Å². The van der Waals surface area contributed by atoms with E-state index in [1.807, 2.05) is 6.07 Å². The minimum atomic E-state index is -0.684. The number of primary amides is 1. The van der Waals surface area contributed by atoms with Crippen LogP contribution in [0.25, 0.3) is 6.08 Å². The minimum absolute atomic E-state index is 0.625. The van der Waals surface area contributed by atoms with Crippen molar-refractivity contribution in [2.24, 2.45) is 10.8 Å². The molecular formula is C9H11N3O2. The van der Waals surface area contributed by atoms with Crippen LogP contribution in [0.15, 0.2) is 34.0 Å². The highest BCUT2D eigenvalue weighted by molar-refractivity contribution is 5.96. The van der Waals surface area contributed by atoms with E-state index in [0.29, 0.717) is 5.71 Å². The molecule has 0 fully saturated rings. The largest absolute Gasteiger partial charge is 0.465 e. The van der Waals surface area contributed by atoms with Crippen LogP contribution in [0.1, 0.15) is 12.7 Å². The highest BCUT2D eigenvalue weighted by Gasteiger charge is 1.89. The second kappa shape index (κ2) is 4.86. The Morgan fingerprint density at radius 2 is 2.50 bits per heavy atom. The van der Waals surface area contributed by atoms with E-state index in [9.17, 15) is 4.79 Å². The summed E-state index contributed by atoms with van der Waals surface area (Å²) in [5.74, 6) is 0.721. The second-order valence-corrected chi connectivity index (χ2v) is 2.58. The van der Waals surface area contributed by atoms with Crippen molar-refractivity contribution in [3.05, 3.63) is 30.2 Å². The number of amides is 2. The third kappa shape index (κ3) is 3.57. The van der Waals surface area contributed by atoms with Gasteiger partial charge in [-0.3, -0.25) is 0 Å². The van der Waals surface area contributed by atoms with Crippen molar-refractivity contribution in [1.29, 1.82) is 0 Å². The highest BCUT2D eigenvalue weighted by atomic mass is 16.3. The minimum Gasteiger partial charge on any atom is -0.465 e. The lowest BCUT2D eigenvalue weighted by Gasteiger charge is -1.92. The molecule has 0 radical (unpaired) electrons. The fraction of sp³-hybridized carbons (Fsp3) is 0.111. The van der Waals surface area contributed by atoms with Crippen LogP contribution >= 0.6 is 0 Å².